The summed E-state index contributed by atoms with van der Waals surface area (Å²) < 4.78 is 0. The van der Waals surface area contributed by atoms with E-state index in [9.17, 15) is 5.11 Å². The van der Waals surface area contributed by atoms with Gasteiger partial charge in [0.15, 0.2) is 5.82 Å². The average molecular weight is 286 g/mol. The van der Waals surface area contributed by atoms with E-state index in [-0.39, 0.29) is 12.6 Å². The lowest BCUT2D eigenvalue weighted by molar-refractivity contribution is 0.259. The molecule has 0 saturated heterocycles. The first kappa shape index (κ1) is 15.4. The van der Waals surface area contributed by atoms with Crippen molar-refractivity contribution in [2.75, 3.05) is 11.9 Å². The van der Waals surface area contributed by atoms with Crippen LogP contribution in [-0.2, 0) is 0 Å². The van der Waals surface area contributed by atoms with Gasteiger partial charge in [-0.1, -0.05) is 13.8 Å². The van der Waals surface area contributed by atoms with Crippen molar-refractivity contribution in [2.45, 2.75) is 33.2 Å². The van der Waals surface area contributed by atoms with E-state index in [4.69, 9.17) is 0 Å². The van der Waals surface area contributed by atoms with Crippen LogP contribution in [0.5, 0.6) is 0 Å². The molecule has 2 rings (SSSR count). The fraction of sp³-hybridized carbons (Fsp3) is 0.438. The number of pyridine rings is 1. The van der Waals surface area contributed by atoms with Gasteiger partial charge in [-0.25, -0.2) is 9.97 Å². The number of aliphatic hydroxyl groups is 1. The summed E-state index contributed by atoms with van der Waals surface area (Å²) in [7, 11) is 0. The molecule has 1 unspecified atom stereocenters. The van der Waals surface area contributed by atoms with Gasteiger partial charge < -0.3 is 10.4 Å². The van der Waals surface area contributed by atoms with Crippen LogP contribution >= 0.6 is 0 Å². The Labute approximate surface area is 125 Å². The third kappa shape index (κ3) is 4.49. The maximum Gasteiger partial charge on any atom is 0.161 e. The molecule has 0 spiro atoms. The number of nitrogens with one attached hydrogen (secondary N) is 1. The molecule has 0 aromatic carbocycles. The Morgan fingerprint density at radius 1 is 1.19 bits per heavy atom. The predicted molar refractivity (Wildman–Crippen MR) is 84.0 cm³/mol. The Balaban J connectivity index is 2.23. The number of rotatable bonds is 6. The maximum atomic E-state index is 9.48. The molecule has 2 aromatic rings. The summed E-state index contributed by atoms with van der Waals surface area (Å²) in [5.74, 6) is 1.92. The van der Waals surface area contributed by atoms with Gasteiger partial charge in [-0.05, 0) is 31.4 Å². The average Bonchev–Trinajstić information content (AvgIpc) is 2.46. The van der Waals surface area contributed by atoms with E-state index in [0.717, 1.165) is 23.5 Å². The Morgan fingerprint density at radius 2 is 1.90 bits per heavy atom. The van der Waals surface area contributed by atoms with Crippen LogP contribution in [0, 0.1) is 12.8 Å². The molecule has 21 heavy (non-hydrogen) atoms. The second-order valence-electron chi connectivity index (χ2n) is 5.61. The lowest BCUT2D eigenvalue weighted by Crippen LogP contribution is -2.26. The predicted octanol–water partition coefficient (Wildman–Crippen LogP) is 2.67. The van der Waals surface area contributed by atoms with Crippen molar-refractivity contribution in [1.29, 1.82) is 0 Å². The summed E-state index contributed by atoms with van der Waals surface area (Å²) in [6.45, 7) is 6.30. The molecule has 2 N–H and O–H groups in total. The van der Waals surface area contributed by atoms with Crippen molar-refractivity contribution in [1.82, 2.24) is 15.0 Å². The molecule has 0 aliphatic rings. The monoisotopic (exact) mass is 286 g/mol. The lowest BCUT2D eigenvalue weighted by Gasteiger charge is -2.19. The second-order valence-corrected chi connectivity index (χ2v) is 5.61. The van der Waals surface area contributed by atoms with Crippen molar-refractivity contribution in [3.63, 3.8) is 0 Å². The number of aliphatic hydroxyl groups excluding tert-OH is 1. The molecule has 0 saturated carbocycles. The van der Waals surface area contributed by atoms with Crippen LogP contribution in [-0.4, -0.2) is 32.7 Å². The fourth-order valence-electron chi connectivity index (χ4n) is 2.23. The summed E-state index contributed by atoms with van der Waals surface area (Å²) in [5.41, 5.74) is 1.82. The van der Waals surface area contributed by atoms with Gasteiger partial charge in [0.25, 0.3) is 0 Å². The minimum Gasteiger partial charge on any atom is -0.394 e. The summed E-state index contributed by atoms with van der Waals surface area (Å²) in [4.78, 5) is 13.0. The normalized spacial score (nSPS) is 12.4. The Bertz CT molecular complexity index is 572. The summed E-state index contributed by atoms with van der Waals surface area (Å²) >= 11 is 0. The number of aryl methyl sites for hydroxylation is 1. The number of anilines is 1. The van der Waals surface area contributed by atoms with Crippen LogP contribution in [0.1, 0.15) is 26.0 Å². The van der Waals surface area contributed by atoms with Crippen molar-refractivity contribution < 1.29 is 5.11 Å². The van der Waals surface area contributed by atoms with Gasteiger partial charge in [0.2, 0.25) is 0 Å². The van der Waals surface area contributed by atoms with Gasteiger partial charge in [-0.3, -0.25) is 4.98 Å². The van der Waals surface area contributed by atoms with Gasteiger partial charge in [-0.15, -0.1) is 0 Å². The van der Waals surface area contributed by atoms with E-state index in [1.54, 1.807) is 12.4 Å². The SMILES string of the molecule is Cc1cc(NC(CO)CC(C)C)nc(-c2ccncc2)n1. The van der Waals surface area contributed by atoms with E-state index in [0.29, 0.717) is 11.7 Å². The molecule has 1 atom stereocenters. The Hall–Kier alpha value is -2.01. The van der Waals surface area contributed by atoms with Crippen LogP contribution in [0.3, 0.4) is 0 Å². The minimum atomic E-state index is 0.00425. The van der Waals surface area contributed by atoms with Crippen molar-refractivity contribution >= 4 is 5.82 Å². The quantitative estimate of drug-likeness (QED) is 0.854. The van der Waals surface area contributed by atoms with Gasteiger partial charge in [0.1, 0.15) is 5.82 Å². The van der Waals surface area contributed by atoms with E-state index in [1.165, 1.54) is 0 Å². The highest BCUT2D eigenvalue weighted by Gasteiger charge is 2.12. The van der Waals surface area contributed by atoms with Crippen molar-refractivity contribution in [3.05, 3.63) is 36.3 Å². The van der Waals surface area contributed by atoms with E-state index < -0.39 is 0 Å². The van der Waals surface area contributed by atoms with Gasteiger partial charge >= 0.3 is 0 Å². The molecule has 0 fully saturated rings. The molecule has 0 radical (unpaired) electrons. The van der Waals surface area contributed by atoms with Gasteiger partial charge in [0, 0.05) is 29.7 Å². The third-order valence-corrected chi connectivity index (χ3v) is 3.12. The molecule has 2 aromatic heterocycles. The molecule has 0 aliphatic carbocycles. The topological polar surface area (TPSA) is 70.9 Å². The van der Waals surface area contributed by atoms with E-state index in [1.807, 2.05) is 25.1 Å². The summed E-state index contributed by atoms with van der Waals surface area (Å²) in [5, 5.41) is 12.8. The van der Waals surface area contributed by atoms with Gasteiger partial charge in [0.05, 0.1) is 12.6 Å². The zero-order valence-electron chi connectivity index (χ0n) is 12.7. The van der Waals surface area contributed by atoms with Crippen LogP contribution < -0.4 is 5.32 Å². The smallest absolute Gasteiger partial charge is 0.161 e. The first-order valence-corrected chi connectivity index (χ1v) is 7.22. The van der Waals surface area contributed by atoms with E-state index in [2.05, 4.69) is 34.1 Å². The highest BCUT2D eigenvalue weighted by Crippen LogP contribution is 2.18. The largest absolute Gasteiger partial charge is 0.394 e. The molecule has 0 bridgehead atoms. The maximum absolute atomic E-state index is 9.48. The molecule has 0 aliphatic heterocycles. The number of hydrogen-bond acceptors (Lipinski definition) is 5. The summed E-state index contributed by atoms with van der Waals surface area (Å²) in [6.07, 6.45) is 4.34. The van der Waals surface area contributed by atoms with Crippen LogP contribution in [0.2, 0.25) is 0 Å². The standard InChI is InChI=1S/C16H22N4O/c1-11(2)8-14(10-21)19-15-9-12(3)18-16(20-15)13-4-6-17-7-5-13/h4-7,9,11,14,21H,8,10H2,1-3H3,(H,18,19,20). The number of hydrogen-bond donors (Lipinski definition) is 2. The molecule has 5 nitrogen and oxygen atoms in total. The molecular formula is C16H22N4O. The number of nitrogens with zero attached hydrogens (tertiary/aromatic N) is 3. The molecular weight excluding hydrogens is 264 g/mol. The van der Waals surface area contributed by atoms with Crippen LogP contribution in [0.4, 0.5) is 5.82 Å². The third-order valence-electron chi connectivity index (χ3n) is 3.12. The molecule has 2 heterocycles. The minimum absolute atomic E-state index is 0.00425. The highest BCUT2D eigenvalue weighted by molar-refractivity contribution is 5.56. The first-order chi connectivity index (χ1) is 10.1. The van der Waals surface area contributed by atoms with Crippen molar-refractivity contribution in [2.24, 2.45) is 5.92 Å². The zero-order chi connectivity index (χ0) is 15.2. The molecule has 5 heteroatoms. The molecule has 0 amide bonds. The highest BCUT2D eigenvalue weighted by atomic mass is 16.3. The number of aromatic nitrogens is 3. The van der Waals surface area contributed by atoms with Gasteiger partial charge in [-0.2, -0.15) is 0 Å². The zero-order valence-corrected chi connectivity index (χ0v) is 12.7. The Kier molecular flexibility index (Phi) is 5.22. The van der Waals surface area contributed by atoms with Crippen LogP contribution in [0.25, 0.3) is 11.4 Å². The first-order valence-electron chi connectivity index (χ1n) is 7.22. The molecule has 112 valence electrons. The summed E-state index contributed by atoms with van der Waals surface area (Å²) in [6, 6.07) is 5.67. The Morgan fingerprint density at radius 3 is 2.52 bits per heavy atom. The van der Waals surface area contributed by atoms with Crippen LogP contribution in [0.15, 0.2) is 30.6 Å². The lowest BCUT2D eigenvalue weighted by atomic mass is 10.0. The fourth-order valence-corrected chi connectivity index (χ4v) is 2.23. The van der Waals surface area contributed by atoms with Crippen molar-refractivity contribution in [3.8, 4) is 11.4 Å². The van der Waals surface area contributed by atoms with E-state index >= 15 is 0 Å². The second kappa shape index (κ2) is 7.13.